The minimum atomic E-state index is -3.81. The Balaban J connectivity index is 2.52. The predicted molar refractivity (Wildman–Crippen MR) is 76.4 cm³/mol. The van der Waals surface area contributed by atoms with E-state index in [-0.39, 0.29) is 17.2 Å². The Kier molecular flexibility index (Phi) is 4.07. The van der Waals surface area contributed by atoms with Crippen LogP contribution in [0, 0.1) is 0 Å². The Morgan fingerprint density at radius 3 is 2.63 bits per heavy atom. The fourth-order valence-corrected chi connectivity index (χ4v) is 3.18. The van der Waals surface area contributed by atoms with Crippen LogP contribution in [-0.4, -0.2) is 15.0 Å². The molecule has 0 aliphatic heterocycles. The molecule has 2 aromatic rings. The second-order valence-corrected chi connectivity index (χ2v) is 5.89. The number of benzene rings is 2. The number of hydrogen-bond donors (Lipinski definition) is 1. The standard InChI is InChI=1S/C14H17NO3S/c1-2-3-10-18-19(16,17)14-12-7-5-4-6-11(12)8-9-13(14)15/h4-9H,2-3,10,15H2,1H3. The van der Waals surface area contributed by atoms with Crippen molar-refractivity contribution in [2.45, 2.75) is 24.7 Å². The number of rotatable bonds is 5. The molecule has 0 aliphatic carbocycles. The maximum atomic E-state index is 12.2. The third kappa shape index (κ3) is 2.88. The average Bonchev–Trinajstić information content (AvgIpc) is 2.38. The molecule has 0 fully saturated rings. The van der Waals surface area contributed by atoms with Crippen LogP contribution in [0.5, 0.6) is 0 Å². The van der Waals surface area contributed by atoms with Crippen LogP contribution in [-0.2, 0) is 14.3 Å². The fourth-order valence-electron chi connectivity index (χ4n) is 1.91. The normalized spacial score (nSPS) is 11.8. The van der Waals surface area contributed by atoms with E-state index in [1.807, 2.05) is 19.1 Å². The molecule has 2 N–H and O–H groups in total. The molecule has 0 unspecified atom stereocenters. The zero-order valence-electron chi connectivity index (χ0n) is 10.8. The molecule has 0 bridgehead atoms. The van der Waals surface area contributed by atoms with Crippen LogP contribution in [0.4, 0.5) is 5.69 Å². The van der Waals surface area contributed by atoms with E-state index in [0.717, 1.165) is 11.8 Å². The van der Waals surface area contributed by atoms with Gasteiger partial charge in [-0.25, -0.2) is 0 Å². The van der Waals surface area contributed by atoms with Crippen LogP contribution in [0.25, 0.3) is 10.8 Å². The van der Waals surface area contributed by atoms with Gasteiger partial charge in [-0.1, -0.05) is 43.7 Å². The van der Waals surface area contributed by atoms with Crippen molar-refractivity contribution in [2.24, 2.45) is 0 Å². The quantitative estimate of drug-likeness (QED) is 0.519. The summed E-state index contributed by atoms with van der Waals surface area (Å²) >= 11 is 0. The summed E-state index contributed by atoms with van der Waals surface area (Å²) in [4.78, 5) is 0.0710. The molecule has 0 aromatic heterocycles. The van der Waals surface area contributed by atoms with Gasteiger partial charge < -0.3 is 5.73 Å². The zero-order valence-corrected chi connectivity index (χ0v) is 11.6. The van der Waals surface area contributed by atoms with E-state index in [1.54, 1.807) is 24.3 Å². The van der Waals surface area contributed by atoms with Crippen LogP contribution < -0.4 is 5.73 Å². The summed E-state index contributed by atoms with van der Waals surface area (Å²) < 4.78 is 29.5. The van der Waals surface area contributed by atoms with Gasteiger partial charge in [0.1, 0.15) is 4.90 Å². The summed E-state index contributed by atoms with van der Waals surface area (Å²) in [5.74, 6) is 0. The molecular formula is C14H17NO3S. The molecule has 5 heteroatoms. The first-order chi connectivity index (χ1) is 9.06. The van der Waals surface area contributed by atoms with Gasteiger partial charge in [-0.05, 0) is 17.9 Å². The second-order valence-electron chi connectivity index (χ2n) is 4.33. The first-order valence-electron chi connectivity index (χ1n) is 6.23. The number of unbranched alkanes of at least 4 members (excludes halogenated alkanes) is 1. The molecule has 4 nitrogen and oxygen atoms in total. The zero-order chi connectivity index (χ0) is 13.9. The molecule has 0 atom stereocenters. The summed E-state index contributed by atoms with van der Waals surface area (Å²) in [7, 11) is -3.81. The molecule has 0 aliphatic rings. The third-order valence-corrected chi connectivity index (χ3v) is 4.33. The molecule has 0 saturated heterocycles. The summed E-state index contributed by atoms with van der Waals surface area (Å²) in [6.07, 6.45) is 1.57. The molecule has 2 rings (SSSR count). The maximum absolute atomic E-state index is 12.2. The lowest BCUT2D eigenvalue weighted by Gasteiger charge is -2.11. The number of anilines is 1. The second kappa shape index (κ2) is 5.59. The van der Waals surface area contributed by atoms with E-state index in [4.69, 9.17) is 9.92 Å². The van der Waals surface area contributed by atoms with Crippen LogP contribution in [0.15, 0.2) is 41.3 Å². The lowest BCUT2D eigenvalue weighted by Crippen LogP contribution is -2.10. The van der Waals surface area contributed by atoms with E-state index in [1.165, 1.54) is 0 Å². The van der Waals surface area contributed by atoms with Crippen molar-refractivity contribution in [3.8, 4) is 0 Å². The van der Waals surface area contributed by atoms with Crippen LogP contribution in [0.3, 0.4) is 0 Å². The summed E-state index contributed by atoms with van der Waals surface area (Å²) in [6, 6.07) is 10.6. The maximum Gasteiger partial charge on any atom is 0.299 e. The highest BCUT2D eigenvalue weighted by Crippen LogP contribution is 2.29. The minimum Gasteiger partial charge on any atom is -0.398 e. The number of nitrogen functional groups attached to an aromatic ring is 1. The third-order valence-electron chi connectivity index (χ3n) is 2.90. The van der Waals surface area contributed by atoms with E-state index >= 15 is 0 Å². The average molecular weight is 279 g/mol. The van der Waals surface area contributed by atoms with E-state index in [9.17, 15) is 8.42 Å². The Labute approximate surface area is 113 Å². The Morgan fingerprint density at radius 1 is 1.16 bits per heavy atom. The Hall–Kier alpha value is -1.59. The molecular weight excluding hydrogens is 262 g/mol. The predicted octanol–water partition coefficient (Wildman–Crippen LogP) is 2.93. The van der Waals surface area contributed by atoms with Crippen LogP contribution in [0.2, 0.25) is 0 Å². The van der Waals surface area contributed by atoms with E-state index in [0.29, 0.717) is 11.8 Å². The SMILES string of the molecule is CCCCOS(=O)(=O)c1c(N)ccc2ccccc12. The molecule has 0 saturated carbocycles. The minimum absolute atomic E-state index is 0.0710. The topological polar surface area (TPSA) is 69.4 Å². The monoisotopic (exact) mass is 279 g/mol. The van der Waals surface area contributed by atoms with Crippen molar-refractivity contribution in [3.05, 3.63) is 36.4 Å². The largest absolute Gasteiger partial charge is 0.398 e. The Bertz CT molecular complexity index is 680. The first-order valence-corrected chi connectivity index (χ1v) is 7.63. The van der Waals surface area contributed by atoms with Gasteiger partial charge in [-0.3, -0.25) is 4.18 Å². The van der Waals surface area contributed by atoms with E-state index < -0.39 is 10.1 Å². The molecule has 2 aromatic carbocycles. The van der Waals surface area contributed by atoms with Crippen molar-refractivity contribution in [3.63, 3.8) is 0 Å². The van der Waals surface area contributed by atoms with Gasteiger partial charge in [0.05, 0.1) is 12.3 Å². The molecule has 19 heavy (non-hydrogen) atoms. The number of nitrogens with two attached hydrogens (primary N) is 1. The summed E-state index contributed by atoms with van der Waals surface area (Å²) in [5, 5.41) is 1.42. The fraction of sp³-hybridized carbons (Fsp3) is 0.286. The van der Waals surface area contributed by atoms with Crippen molar-refractivity contribution >= 4 is 26.6 Å². The van der Waals surface area contributed by atoms with Crippen LogP contribution in [0.1, 0.15) is 19.8 Å². The van der Waals surface area contributed by atoms with Crippen molar-refractivity contribution in [1.29, 1.82) is 0 Å². The first kappa shape index (κ1) is 13.8. The van der Waals surface area contributed by atoms with Gasteiger partial charge in [0.25, 0.3) is 10.1 Å². The highest BCUT2D eigenvalue weighted by molar-refractivity contribution is 7.87. The van der Waals surface area contributed by atoms with Gasteiger partial charge in [-0.2, -0.15) is 8.42 Å². The van der Waals surface area contributed by atoms with E-state index in [2.05, 4.69) is 0 Å². The molecule has 102 valence electrons. The number of fused-ring (bicyclic) bond motifs is 1. The van der Waals surface area contributed by atoms with Crippen molar-refractivity contribution in [1.82, 2.24) is 0 Å². The van der Waals surface area contributed by atoms with Crippen molar-refractivity contribution in [2.75, 3.05) is 12.3 Å². The molecule has 0 radical (unpaired) electrons. The number of hydrogen-bond acceptors (Lipinski definition) is 4. The molecule has 0 spiro atoms. The summed E-state index contributed by atoms with van der Waals surface area (Å²) in [6.45, 7) is 2.16. The molecule has 0 amide bonds. The summed E-state index contributed by atoms with van der Waals surface area (Å²) in [5.41, 5.74) is 6.04. The smallest absolute Gasteiger partial charge is 0.299 e. The van der Waals surface area contributed by atoms with Gasteiger partial charge in [0, 0.05) is 5.39 Å². The highest BCUT2D eigenvalue weighted by Gasteiger charge is 2.21. The van der Waals surface area contributed by atoms with Gasteiger partial charge in [0.2, 0.25) is 0 Å². The Morgan fingerprint density at radius 2 is 1.89 bits per heavy atom. The van der Waals surface area contributed by atoms with Gasteiger partial charge in [-0.15, -0.1) is 0 Å². The molecule has 0 heterocycles. The van der Waals surface area contributed by atoms with Crippen LogP contribution >= 0.6 is 0 Å². The van der Waals surface area contributed by atoms with Gasteiger partial charge >= 0.3 is 0 Å². The highest BCUT2D eigenvalue weighted by atomic mass is 32.2. The lowest BCUT2D eigenvalue weighted by molar-refractivity contribution is 0.311. The van der Waals surface area contributed by atoms with Gasteiger partial charge in [0.15, 0.2) is 0 Å². The van der Waals surface area contributed by atoms with Crippen molar-refractivity contribution < 1.29 is 12.6 Å². The lowest BCUT2D eigenvalue weighted by atomic mass is 10.1.